The number of fused-ring (bicyclic) bond motifs is 1. The molecule has 0 saturated carbocycles. The van der Waals surface area contributed by atoms with Gasteiger partial charge in [-0.25, -0.2) is 13.2 Å². The maximum absolute atomic E-state index is 13.3. The SMILES string of the molecule is CCOC(=O)c1c(NC(=O)C2CCCCN2S(=O)(=O)c2cccs2)sc2c1CCC(C)C2. The molecule has 0 radical (unpaired) electrons. The molecule has 1 N–H and O–H groups in total. The smallest absolute Gasteiger partial charge is 0.341 e. The predicted octanol–water partition coefficient (Wildman–Crippen LogP) is 4.29. The van der Waals surface area contributed by atoms with Crippen molar-refractivity contribution in [2.45, 2.75) is 62.6 Å². The van der Waals surface area contributed by atoms with Crippen LogP contribution in [-0.2, 0) is 32.4 Å². The van der Waals surface area contributed by atoms with Crippen molar-refractivity contribution < 1.29 is 22.7 Å². The van der Waals surface area contributed by atoms with Crippen molar-refractivity contribution in [2.24, 2.45) is 5.92 Å². The second-order valence-corrected chi connectivity index (χ2v) is 12.5. The Bertz CT molecular complexity index is 1090. The summed E-state index contributed by atoms with van der Waals surface area (Å²) in [6, 6.07) is 2.46. The number of thiophene rings is 2. The lowest BCUT2D eigenvalue weighted by Crippen LogP contribution is -2.49. The monoisotopic (exact) mass is 496 g/mol. The molecule has 0 aromatic carbocycles. The van der Waals surface area contributed by atoms with Gasteiger partial charge in [-0.2, -0.15) is 4.31 Å². The van der Waals surface area contributed by atoms with Gasteiger partial charge in [0.05, 0.1) is 12.2 Å². The summed E-state index contributed by atoms with van der Waals surface area (Å²) >= 11 is 2.57. The molecule has 2 atom stereocenters. The predicted molar refractivity (Wildman–Crippen MR) is 126 cm³/mol. The van der Waals surface area contributed by atoms with Gasteiger partial charge in [0.1, 0.15) is 15.3 Å². The van der Waals surface area contributed by atoms with Crippen LogP contribution >= 0.6 is 22.7 Å². The molecule has 7 nitrogen and oxygen atoms in total. The molecule has 2 aliphatic rings. The minimum absolute atomic E-state index is 0.241. The molecule has 3 heterocycles. The van der Waals surface area contributed by atoms with E-state index in [1.54, 1.807) is 24.4 Å². The Morgan fingerprint density at radius 2 is 2.09 bits per heavy atom. The first-order chi connectivity index (χ1) is 15.3. The highest BCUT2D eigenvalue weighted by atomic mass is 32.2. The number of anilines is 1. The van der Waals surface area contributed by atoms with Gasteiger partial charge in [-0.15, -0.1) is 22.7 Å². The molecule has 1 fully saturated rings. The quantitative estimate of drug-likeness (QED) is 0.602. The summed E-state index contributed by atoms with van der Waals surface area (Å²) in [5, 5.41) is 5.11. The van der Waals surface area contributed by atoms with Crippen molar-refractivity contribution in [1.82, 2.24) is 4.31 Å². The summed E-state index contributed by atoms with van der Waals surface area (Å²) in [4.78, 5) is 27.2. The van der Waals surface area contributed by atoms with Gasteiger partial charge in [-0.3, -0.25) is 4.79 Å². The normalized spacial score (nSPS) is 21.7. The van der Waals surface area contributed by atoms with Crippen LogP contribution in [-0.4, -0.2) is 43.8 Å². The largest absolute Gasteiger partial charge is 0.462 e. The highest BCUT2D eigenvalue weighted by Crippen LogP contribution is 2.40. The maximum atomic E-state index is 13.3. The summed E-state index contributed by atoms with van der Waals surface area (Å²) in [5.74, 6) is -0.298. The van der Waals surface area contributed by atoms with Crippen LogP contribution in [0.3, 0.4) is 0 Å². The Morgan fingerprint density at radius 3 is 2.81 bits per heavy atom. The van der Waals surface area contributed by atoms with Gasteiger partial charge in [-0.05, 0) is 62.0 Å². The number of sulfonamides is 1. The first-order valence-electron chi connectivity index (χ1n) is 11.0. The minimum Gasteiger partial charge on any atom is -0.462 e. The van der Waals surface area contributed by atoms with Gasteiger partial charge >= 0.3 is 5.97 Å². The van der Waals surface area contributed by atoms with Gasteiger partial charge in [0.2, 0.25) is 5.91 Å². The summed E-state index contributed by atoms with van der Waals surface area (Å²) in [6.07, 6.45) is 4.57. The zero-order chi connectivity index (χ0) is 22.9. The van der Waals surface area contributed by atoms with Crippen molar-refractivity contribution in [3.05, 3.63) is 33.5 Å². The molecular weight excluding hydrogens is 468 g/mol. The topological polar surface area (TPSA) is 92.8 Å². The van der Waals surface area contributed by atoms with E-state index >= 15 is 0 Å². The molecule has 2 aromatic heterocycles. The molecule has 2 aromatic rings. The van der Waals surface area contributed by atoms with Crippen molar-refractivity contribution in [3.8, 4) is 0 Å². The minimum atomic E-state index is -3.75. The standard InChI is InChI=1S/C22H28N2O5S3/c1-3-29-22(26)19-15-10-9-14(2)13-17(15)31-21(19)23-20(25)16-7-4-5-11-24(16)32(27,28)18-8-6-12-30-18/h6,8,12,14,16H,3-5,7,9-11,13H2,1-2H3,(H,23,25). The summed E-state index contributed by atoms with van der Waals surface area (Å²) in [5.41, 5.74) is 1.41. The molecule has 174 valence electrons. The number of nitrogens with one attached hydrogen (secondary N) is 1. The lowest BCUT2D eigenvalue weighted by Gasteiger charge is -2.33. The lowest BCUT2D eigenvalue weighted by molar-refractivity contribution is -0.120. The molecule has 2 unspecified atom stereocenters. The van der Waals surface area contributed by atoms with Crippen molar-refractivity contribution in [1.29, 1.82) is 0 Å². The molecular formula is C22H28N2O5S3. The Labute approximate surface area is 196 Å². The maximum Gasteiger partial charge on any atom is 0.341 e. The Morgan fingerprint density at radius 1 is 1.28 bits per heavy atom. The second-order valence-electron chi connectivity index (χ2n) is 8.33. The van der Waals surface area contributed by atoms with E-state index in [0.29, 0.717) is 35.9 Å². The van der Waals surface area contributed by atoms with Gasteiger partial charge in [0.25, 0.3) is 10.0 Å². The van der Waals surface area contributed by atoms with E-state index in [9.17, 15) is 18.0 Å². The summed E-state index contributed by atoms with van der Waals surface area (Å²) < 4.78 is 33.2. The highest BCUT2D eigenvalue weighted by molar-refractivity contribution is 7.91. The zero-order valence-electron chi connectivity index (χ0n) is 18.3. The fourth-order valence-electron chi connectivity index (χ4n) is 4.43. The van der Waals surface area contributed by atoms with E-state index in [1.165, 1.54) is 15.6 Å². The molecule has 1 aliphatic carbocycles. The number of esters is 1. The van der Waals surface area contributed by atoms with E-state index in [1.807, 2.05) is 0 Å². The Kier molecular flexibility index (Phi) is 7.04. The Hall–Kier alpha value is -1.75. The van der Waals surface area contributed by atoms with Crippen LogP contribution in [0, 0.1) is 5.92 Å². The molecule has 0 spiro atoms. The number of ether oxygens (including phenoxy) is 1. The number of carbonyl (C=O) groups excluding carboxylic acids is 2. The molecule has 4 rings (SSSR count). The van der Waals surface area contributed by atoms with Gasteiger partial charge in [0.15, 0.2) is 0 Å². The lowest BCUT2D eigenvalue weighted by atomic mass is 9.88. The number of hydrogen-bond donors (Lipinski definition) is 1. The van der Waals surface area contributed by atoms with Crippen molar-refractivity contribution in [3.63, 3.8) is 0 Å². The van der Waals surface area contributed by atoms with E-state index in [4.69, 9.17) is 4.74 Å². The fraction of sp³-hybridized carbons (Fsp3) is 0.545. The van der Waals surface area contributed by atoms with Crippen LogP contribution in [0.4, 0.5) is 5.00 Å². The molecule has 32 heavy (non-hydrogen) atoms. The second kappa shape index (κ2) is 9.62. The van der Waals surface area contributed by atoms with Gasteiger partial charge in [-0.1, -0.05) is 19.4 Å². The number of hydrogen-bond acceptors (Lipinski definition) is 7. The van der Waals surface area contributed by atoms with E-state index in [-0.39, 0.29) is 16.7 Å². The number of carbonyl (C=O) groups is 2. The molecule has 1 amide bonds. The van der Waals surface area contributed by atoms with E-state index < -0.39 is 22.0 Å². The molecule has 1 aliphatic heterocycles. The van der Waals surface area contributed by atoms with Crippen LogP contribution in [0.2, 0.25) is 0 Å². The molecule has 0 bridgehead atoms. The first-order valence-corrected chi connectivity index (χ1v) is 14.1. The van der Waals surface area contributed by atoms with E-state index in [0.717, 1.165) is 47.5 Å². The van der Waals surface area contributed by atoms with Crippen LogP contribution in [0.15, 0.2) is 21.7 Å². The van der Waals surface area contributed by atoms with E-state index in [2.05, 4.69) is 12.2 Å². The third-order valence-corrected chi connectivity index (χ3v) is 10.5. The summed E-state index contributed by atoms with van der Waals surface area (Å²) in [6.45, 7) is 4.50. The number of nitrogens with zero attached hydrogens (tertiary/aromatic N) is 1. The van der Waals surface area contributed by atoms with Crippen LogP contribution in [0.1, 0.15) is 60.3 Å². The number of piperidine rings is 1. The first kappa shape index (κ1) is 23.4. The van der Waals surface area contributed by atoms with Crippen LogP contribution in [0.5, 0.6) is 0 Å². The number of amides is 1. The average molecular weight is 497 g/mol. The van der Waals surface area contributed by atoms with Crippen LogP contribution in [0.25, 0.3) is 0 Å². The average Bonchev–Trinajstić information content (AvgIpc) is 3.42. The van der Waals surface area contributed by atoms with Gasteiger partial charge in [0, 0.05) is 11.4 Å². The molecule has 10 heteroatoms. The van der Waals surface area contributed by atoms with Gasteiger partial charge < -0.3 is 10.1 Å². The third-order valence-electron chi connectivity index (χ3n) is 6.04. The zero-order valence-corrected chi connectivity index (χ0v) is 20.7. The third kappa shape index (κ3) is 4.50. The Balaban J connectivity index is 1.63. The number of rotatable bonds is 6. The summed E-state index contributed by atoms with van der Waals surface area (Å²) in [7, 11) is -3.75. The highest BCUT2D eigenvalue weighted by Gasteiger charge is 2.39. The fourth-order valence-corrected chi connectivity index (χ4v) is 8.61. The van der Waals surface area contributed by atoms with Crippen molar-refractivity contribution in [2.75, 3.05) is 18.5 Å². The molecule has 1 saturated heterocycles. The van der Waals surface area contributed by atoms with Crippen LogP contribution < -0.4 is 5.32 Å². The van der Waals surface area contributed by atoms with Crippen molar-refractivity contribution >= 4 is 49.6 Å².